The van der Waals surface area contributed by atoms with Crippen LogP contribution in [0.2, 0.25) is 0 Å². The van der Waals surface area contributed by atoms with Crippen molar-refractivity contribution < 1.29 is 0 Å². The summed E-state index contributed by atoms with van der Waals surface area (Å²) >= 11 is 0. The fourth-order valence-corrected chi connectivity index (χ4v) is 10.2. The summed E-state index contributed by atoms with van der Waals surface area (Å²) in [6.07, 6.45) is 5.72. The van der Waals surface area contributed by atoms with Crippen molar-refractivity contribution in [3.8, 4) is 22.4 Å². The van der Waals surface area contributed by atoms with E-state index in [1.165, 1.54) is 72.1 Å². The fraction of sp³-hybridized carbons (Fsp3) is 0.130. The Morgan fingerprint density at radius 1 is 0.490 bits per heavy atom. The minimum atomic E-state index is -0.130. The highest BCUT2D eigenvalue weighted by molar-refractivity contribution is 7.03. The Labute approximate surface area is 300 Å². The zero-order chi connectivity index (χ0) is 34.2. The van der Waals surface area contributed by atoms with E-state index in [9.17, 15) is 0 Å². The minimum absolute atomic E-state index is 0.111. The average Bonchev–Trinajstić information content (AvgIpc) is 3.17. The van der Waals surface area contributed by atoms with E-state index in [1.807, 2.05) is 24.7 Å². The van der Waals surface area contributed by atoms with Gasteiger partial charge in [0.15, 0.2) is 0 Å². The molecule has 7 aromatic rings. The summed E-state index contributed by atoms with van der Waals surface area (Å²) in [7, 11) is 0. The molecule has 0 saturated carbocycles. The van der Waals surface area contributed by atoms with Crippen LogP contribution in [0.4, 0.5) is 17.1 Å². The molecule has 0 fully saturated rings. The zero-order valence-electron chi connectivity index (χ0n) is 29.3. The molecule has 0 unspecified atom stereocenters. The third-order valence-corrected chi connectivity index (χ3v) is 12.5. The SMILES string of the molecule is CC1(C)c2ccccc2B2c3cc(-c4ccc(-c5cccnc5)cn4)cc4c3N(c3cccc1c32)c1cccc2c1B4c1ccccc1C2(C)C. The third kappa shape index (κ3) is 3.71. The molecule has 0 saturated heterocycles. The summed E-state index contributed by atoms with van der Waals surface area (Å²) in [4.78, 5) is 12.1. The molecule has 0 radical (unpaired) electrons. The average molecular weight is 651 g/mol. The molecule has 6 heterocycles. The zero-order valence-corrected chi connectivity index (χ0v) is 29.3. The first kappa shape index (κ1) is 29.1. The molecule has 0 N–H and O–H groups in total. The molecule has 11 rings (SSSR count). The maximum Gasteiger partial charge on any atom is 0.247 e. The van der Waals surface area contributed by atoms with Crippen molar-refractivity contribution in [2.45, 2.75) is 38.5 Å². The van der Waals surface area contributed by atoms with Gasteiger partial charge in [0.25, 0.3) is 0 Å². The van der Waals surface area contributed by atoms with Crippen LogP contribution in [0.1, 0.15) is 49.9 Å². The second kappa shape index (κ2) is 9.98. The number of rotatable bonds is 2. The molecule has 5 aromatic carbocycles. The highest BCUT2D eigenvalue weighted by atomic mass is 15.2. The molecular weight excluding hydrogens is 616 g/mol. The van der Waals surface area contributed by atoms with Crippen molar-refractivity contribution in [1.29, 1.82) is 0 Å². The van der Waals surface area contributed by atoms with E-state index in [2.05, 4.69) is 153 Å². The van der Waals surface area contributed by atoms with E-state index in [0.29, 0.717) is 0 Å². The maximum absolute atomic E-state index is 5.13. The molecule has 0 spiro atoms. The first-order chi connectivity index (χ1) is 24.8. The Bertz CT molecular complexity index is 2470. The van der Waals surface area contributed by atoms with Crippen LogP contribution in [-0.4, -0.2) is 23.4 Å². The van der Waals surface area contributed by atoms with Crippen molar-refractivity contribution in [3.63, 3.8) is 0 Å². The van der Waals surface area contributed by atoms with Gasteiger partial charge in [-0.1, -0.05) is 136 Å². The van der Waals surface area contributed by atoms with Crippen LogP contribution in [0.25, 0.3) is 22.4 Å². The number of hydrogen-bond donors (Lipinski definition) is 0. The summed E-state index contributed by atoms with van der Waals surface area (Å²) in [6, 6.07) is 45.8. The number of anilines is 3. The van der Waals surface area contributed by atoms with Gasteiger partial charge in [-0.15, -0.1) is 0 Å². The molecule has 0 bridgehead atoms. The quantitative estimate of drug-likeness (QED) is 0.208. The van der Waals surface area contributed by atoms with Gasteiger partial charge in [0.1, 0.15) is 0 Å². The molecular formula is C46H35B2N3. The van der Waals surface area contributed by atoms with Gasteiger partial charge in [0.05, 0.1) is 5.69 Å². The number of benzene rings is 5. The highest BCUT2D eigenvalue weighted by Gasteiger charge is 2.51. The largest absolute Gasteiger partial charge is 0.313 e. The van der Waals surface area contributed by atoms with Crippen molar-refractivity contribution in [3.05, 3.63) is 162 Å². The fourth-order valence-electron chi connectivity index (χ4n) is 10.2. The minimum Gasteiger partial charge on any atom is -0.313 e. The monoisotopic (exact) mass is 651 g/mol. The molecule has 4 aliphatic rings. The Hall–Kier alpha value is -5.67. The van der Waals surface area contributed by atoms with Crippen molar-refractivity contribution in [1.82, 2.24) is 9.97 Å². The number of fused-ring (bicyclic) bond motifs is 8. The van der Waals surface area contributed by atoms with Gasteiger partial charge in [0, 0.05) is 57.6 Å². The van der Waals surface area contributed by atoms with Crippen LogP contribution in [0.5, 0.6) is 0 Å². The standard InChI is InChI=1S/C46H35B2N3/c1-45(2)31-13-5-7-17-35(31)47-37-24-30(39-22-21-29(27-50-39)28-12-11-23-49-26-28)25-38-44(37)51(40-19-9-15-33(45)42(40)47)41-20-10-16-34-43(41)48(38)36-18-8-6-14-32(36)46(34,3)4/h5-27H,1-4H3. The van der Waals surface area contributed by atoms with E-state index in [1.54, 1.807) is 0 Å². The Kier molecular flexibility index (Phi) is 5.69. The maximum atomic E-state index is 5.13. The number of nitrogens with zero attached hydrogens (tertiary/aromatic N) is 3. The molecule has 5 heteroatoms. The van der Waals surface area contributed by atoms with Crippen molar-refractivity contribution >= 4 is 63.3 Å². The van der Waals surface area contributed by atoms with Crippen LogP contribution in [0, 0.1) is 0 Å². The van der Waals surface area contributed by atoms with Crippen LogP contribution >= 0.6 is 0 Å². The molecule has 4 aliphatic heterocycles. The second-order valence-corrected chi connectivity index (χ2v) is 15.8. The predicted octanol–water partition coefficient (Wildman–Crippen LogP) is 6.22. The van der Waals surface area contributed by atoms with Gasteiger partial charge in [0.2, 0.25) is 13.4 Å². The van der Waals surface area contributed by atoms with Gasteiger partial charge in [-0.25, -0.2) is 0 Å². The highest BCUT2D eigenvalue weighted by Crippen LogP contribution is 2.46. The first-order valence-electron chi connectivity index (χ1n) is 18.1. The predicted molar refractivity (Wildman–Crippen MR) is 214 cm³/mol. The summed E-state index contributed by atoms with van der Waals surface area (Å²) in [5.74, 6) is 0. The number of pyridine rings is 2. The summed E-state index contributed by atoms with van der Waals surface area (Å²) in [5.41, 5.74) is 22.0. The lowest BCUT2D eigenvalue weighted by Gasteiger charge is -2.50. The molecule has 3 nitrogen and oxygen atoms in total. The summed E-state index contributed by atoms with van der Waals surface area (Å²) < 4.78 is 0. The lowest BCUT2D eigenvalue weighted by atomic mass is 9.26. The lowest BCUT2D eigenvalue weighted by molar-refractivity contribution is 0.645. The normalized spacial score (nSPS) is 16.0. The van der Waals surface area contributed by atoms with E-state index in [4.69, 9.17) is 4.98 Å². The first-order valence-corrected chi connectivity index (χ1v) is 18.1. The topological polar surface area (TPSA) is 29.0 Å². The number of hydrogen-bond acceptors (Lipinski definition) is 3. The second-order valence-electron chi connectivity index (χ2n) is 15.8. The molecule has 0 atom stereocenters. The van der Waals surface area contributed by atoms with E-state index < -0.39 is 0 Å². The van der Waals surface area contributed by atoms with Crippen molar-refractivity contribution in [2.24, 2.45) is 0 Å². The van der Waals surface area contributed by atoms with Crippen LogP contribution in [0.15, 0.2) is 140 Å². The van der Waals surface area contributed by atoms with Gasteiger partial charge in [-0.05, 0) is 73.9 Å². The van der Waals surface area contributed by atoms with Crippen LogP contribution in [-0.2, 0) is 10.8 Å². The smallest absolute Gasteiger partial charge is 0.247 e. The molecule has 0 aliphatic carbocycles. The summed E-state index contributed by atoms with van der Waals surface area (Å²) in [5, 5.41) is 0. The van der Waals surface area contributed by atoms with Gasteiger partial charge < -0.3 is 4.90 Å². The number of aromatic nitrogens is 2. The van der Waals surface area contributed by atoms with E-state index in [0.717, 1.165) is 22.4 Å². The van der Waals surface area contributed by atoms with E-state index >= 15 is 0 Å². The summed E-state index contributed by atoms with van der Waals surface area (Å²) in [6.45, 7) is 9.83. The molecule has 2 aromatic heterocycles. The molecule has 51 heavy (non-hydrogen) atoms. The lowest BCUT2D eigenvalue weighted by Crippen LogP contribution is -2.70. The van der Waals surface area contributed by atoms with Crippen LogP contribution < -0.4 is 37.7 Å². The van der Waals surface area contributed by atoms with Crippen LogP contribution in [0.3, 0.4) is 0 Å². The Morgan fingerprint density at radius 3 is 1.57 bits per heavy atom. The molecule has 240 valence electrons. The van der Waals surface area contributed by atoms with Gasteiger partial charge >= 0.3 is 0 Å². The van der Waals surface area contributed by atoms with Gasteiger partial charge in [-0.2, -0.15) is 0 Å². The Balaban J connectivity index is 1.25. The molecule has 0 amide bonds. The third-order valence-electron chi connectivity index (χ3n) is 12.5. The Morgan fingerprint density at radius 2 is 1.04 bits per heavy atom. The van der Waals surface area contributed by atoms with Gasteiger partial charge in [-0.3, -0.25) is 9.97 Å². The van der Waals surface area contributed by atoms with E-state index in [-0.39, 0.29) is 24.3 Å². The van der Waals surface area contributed by atoms with Crippen molar-refractivity contribution in [2.75, 3.05) is 4.90 Å².